The van der Waals surface area contributed by atoms with Gasteiger partial charge in [0.1, 0.15) is 35.3 Å². The number of pyridine rings is 1. The normalized spacial score (nSPS) is 22.8. The van der Waals surface area contributed by atoms with Crippen LogP contribution in [0.5, 0.6) is 11.8 Å². The van der Waals surface area contributed by atoms with E-state index in [1.54, 1.807) is 35.7 Å². The van der Waals surface area contributed by atoms with E-state index >= 15 is 4.39 Å². The van der Waals surface area contributed by atoms with Gasteiger partial charge in [-0.3, -0.25) is 14.7 Å². The Kier molecular flexibility index (Phi) is 15.7. The third-order valence-electron chi connectivity index (χ3n) is 18.0. The first-order chi connectivity index (χ1) is 38.9. The van der Waals surface area contributed by atoms with Crippen LogP contribution in [0.2, 0.25) is 5.02 Å². The highest BCUT2D eigenvalue weighted by Crippen LogP contribution is 2.45. The zero-order valence-electron chi connectivity index (χ0n) is 46.5. The summed E-state index contributed by atoms with van der Waals surface area (Å²) >= 11 is 8.38. The topological polar surface area (TPSA) is 170 Å². The van der Waals surface area contributed by atoms with Crippen LogP contribution in [-0.4, -0.2) is 148 Å². The van der Waals surface area contributed by atoms with Crippen LogP contribution in [0.1, 0.15) is 101 Å². The van der Waals surface area contributed by atoms with Crippen molar-refractivity contribution < 1.29 is 28.3 Å². The standard InChI is InChI=1S/C61H73ClFN11O5S/c1-36(2)52(59(76)73-22-7-11-49(73)37(3)39-12-14-40(15-13-39)57-38(4)66-35-80-57)50-29-51(70-79-50)71(24-21-64-5)25-26-77-33-44-18-20-61(19-8-23-74(44)61)34-78-60-68-56-47(58(69-60)72-31-42-16-17-43(32-72)67-42)30-65-55(54(56)63)46-28-45(75)27-41-9-6-10-48(62)53(41)46/h6,9-10,12-15,27-30,35-37,42-44,49,52,64,67,75H,7-8,11,16-26,31-34H2,1-5H3. The third kappa shape index (κ3) is 10.6. The average Bonchev–Trinajstić information content (AvgIpc) is 4.48. The summed E-state index contributed by atoms with van der Waals surface area (Å²) in [6.45, 7) is 15.0. The number of ether oxygens (including phenoxy) is 2. The third-order valence-corrected chi connectivity index (χ3v) is 19.3. The number of hydrogen-bond acceptors (Lipinski definition) is 16. The number of rotatable bonds is 20. The number of carbonyl (C=O) groups excluding carboxylic acids is 1. The summed E-state index contributed by atoms with van der Waals surface area (Å²) in [5.74, 6) is 1.07. The van der Waals surface area contributed by atoms with E-state index in [9.17, 15) is 9.90 Å². The van der Waals surface area contributed by atoms with Gasteiger partial charge in [0.25, 0.3) is 0 Å². The number of piperazine rings is 1. The van der Waals surface area contributed by atoms with Gasteiger partial charge in [0.15, 0.2) is 17.4 Å². The Morgan fingerprint density at radius 3 is 2.61 bits per heavy atom. The Morgan fingerprint density at radius 1 is 1.01 bits per heavy atom. The van der Waals surface area contributed by atoms with E-state index in [1.165, 1.54) is 22.1 Å². The number of phenols is 1. The van der Waals surface area contributed by atoms with E-state index in [4.69, 9.17) is 35.6 Å². The summed E-state index contributed by atoms with van der Waals surface area (Å²) in [5.41, 5.74) is 5.64. The molecule has 5 saturated heterocycles. The molecule has 0 aliphatic carbocycles. The number of nitrogens with one attached hydrogen (secondary N) is 2. The van der Waals surface area contributed by atoms with Crippen molar-refractivity contribution in [2.75, 3.05) is 82.5 Å². The number of likely N-dealkylation sites (N-methyl/N-ethyl adjacent to an activating group) is 1. The molecule has 3 N–H and O–H groups in total. The predicted molar refractivity (Wildman–Crippen MR) is 313 cm³/mol. The number of aryl methyl sites for hydroxylation is 1. The molecule has 9 heterocycles. The number of fused-ring (bicyclic) bond motifs is 5. The number of benzene rings is 3. The van der Waals surface area contributed by atoms with Crippen molar-refractivity contribution in [1.82, 2.24) is 45.5 Å². The highest BCUT2D eigenvalue weighted by molar-refractivity contribution is 7.13. The minimum absolute atomic E-state index is 0.00265. The van der Waals surface area contributed by atoms with Crippen molar-refractivity contribution in [3.8, 4) is 33.5 Å². The minimum atomic E-state index is -0.624. The van der Waals surface area contributed by atoms with Crippen LogP contribution in [0, 0.1) is 18.7 Å². The SMILES string of the molecule is CNCCN(CCOCC1CCC2(COc3nc(N4CC5CCC(C4)N5)c4cnc(-c5cc(O)cc6cccc(Cl)c56)c(F)c4n3)CCCN12)c1cc(C(C(=O)N2CCCC2C(C)c2ccc(-c3scnc3C)cc2)C(C)C)on1. The van der Waals surface area contributed by atoms with Crippen LogP contribution in [0.25, 0.3) is 43.4 Å². The number of thiazole rings is 1. The Labute approximate surface area is 476 Å². The molecular formula is C61H73ClFN11O5S. The molecule has 7 atom stereocenters. The molecule has 422 valence electrons. The molecule has 5 aliphatic heterocycles. The molecule has 12 rings (SSSR count). The van der Waals surface area contributed by atoms with Gasteiger partial charge in [0.2, 0.25) is 5.91 Å². The van der Waals surface area contributed by atoms with Gasteiger partial charge in [-0.15, -0.1) is 11.3 Å². The van der Waals surface area contributed by atoms with Crippen LogP contribution in [0.3, 0.4) is 0 Å². The quantitative estimate of drug-likeness (QED) is 0.0616. The second kappa shape index (κ2) is 23.1. The van der Waals surface area contributed by atoms with Gasteiger partial charge in [0.05, 0.1) is 40.2 Å². The Morgan fingerprint density at radius 2 is 1.84 bits per heavy atom. The van der Waals surface area contributed by atoms with Crippen LogP contribution >= 0.6 is 22.9 Å². The molecule has 5 fully saturated rings. The molecule has 80 heavy (non-hydrogen) atoms. The first kappa shape index (κ1) is 54.6. The molecule has 7 aromatic rings. The maximum atomic E-state index is 17.3. The lowest BCUT2D eigenvalue weighted by atomic mass is 9.88. The van der Waals surface area contributed by atoms with Crippen molar-refractivity contribution in [3.05, 3.63) is 100 Å². The van der Waals surface area contributed by atoms with Crippen molar-refractivity contribution in [2.45, 2.75) is 121 Å². The molecule has 1 amide bonds. The van der Waals surface area contributed by atoms with E-state index in [1.807, 2.05) is 31.6 Å². The molecule has 5 aliphatic rings. The van der Waals surface area contributed by atoms with Gasteiger partial charge in [-0.2, -0.15) is 9.97 Å². The van der Waals surface area contributed by atoms with Gasteiger partial charge in [-0.05, 0) is 113 Å². The van der Waals surface area contributed by atoms with E-state index in [0.717, 1.165) is 89.8 Å². The molecule has 7 unspecified atom stereocenters. The van der Waals surface area contributed by atoms with Crippen LogP contribution in [0.15, 0.2) is 76.9 Å². The number of amides is 1. The van der Waals surface area contributed by atoms with Gasteiger partial charge in [-0.1, -0.05) is 73.9 Å². The van der Waals surface area contributed by atoms with E-state index in [2.05, 4.69) is 90.4 Å². The van der Waals surface area contributed by atoms with Gasteiger partial charge in [0, 0.05) is 97.6 Å². The first-order valence-corrected chi connectivity index (χ1v) is 30.0. The lowest BCUT2D eigenvalue weighted by Gasteiger charge is -2.35. The van der Waals surface area contributed by atoms with Crippen LogP contribution in [0.4, 0.5) is 16.0 Å². The fourth-order valence-corrected chi connectivity index (χ4v) is 14.9. The number of likely N-dealkylation sites (tertiary alicyclic amines) is 1. The monoisotopic (exact) mass is 1130 g/mol. The molecule has 3 aromatic carbocycles. The number of hydrogen-bond donors (Lipinski definition) is 3. The number of nitrogens with zero attached hydrogens (tertiary/aromatic N) is 9. The largest absolute Gasteiger partial charge is 0.508 e. The smallest absolute Gasteiger partial charge is 0.319 e. The van der Waals surface area contributed by atoms with E-state index < -0.39 is 11.7 Å². The fourth-order valence-electron chi connectivity index (χ4n) is 13.8. The van der Waals surface area contributed by atoms with E-state index in [0.29, 0.717) is 89.1 Å². The van der Waals surface area contributed by atoms with Crippen LogP contribution < -0.4 is 25.2 Å². The van der Waals surface area contributed by atoms with Gasteiger partial charge >= 0.3 is 6.01 Å². The summed E-state index contributed by atoms with van der Waals surface area (Å²) in [4.78, 5) is 43.9. The summed E-state index contributed by atoms with van der Waals surface area (Å²) in [6.07, 6.45) is 9.60. The van der Waals surface area contributed by atoms with Gasteiger partial charge in [-0.25, -0.2) is 9.37 Å². The van der Waals surface area contributed by atoms with Crippen molar-refractivity contribution in [2.24, 2.45) is 5.92 Å². The number of phenolic OH excluding ortho intramolecular Hbond substituents is 1. The maximum Gasteiger partial charge on any atom is 0.319 e. The zero-order valence-corrected chi connectivity index (χ0v) is 48.0. The number of halogens is 2. The summed E-state index contributed by atoms with van der Waals surface area (Å²) < 4.78 is 36.6. The van der Waals surface area contributed by atoms with Crippen molar-refractivity contribution >= 4 is 62.2 Å². The van der Waals surface area contributed by atoms with Gasteiger partial charge < -0.3 is 44.4 Å². The zero-order chi connectivity index (χ0) is 55.2. The molecular weight excluding hydrogens is 1050 g/mol. The first-order valence-electron chi connectivity index (χ1n) is 28.8. The lowest BCUT2D eigenvalue weighted by Crippen LogP contribution is -2.51. The molecule has 4 aromatic heterocycles. The molecule has 0 radical (unpaired) electrons. The second-order valence-corrected chi connectivity index (χ2v) is 24.5. The fraction of sp³-hybridized carbons (Fsp3) is 0.508. The molecule has 19 heteroatoms. The molecule has 16 nitrogen and oxygen atoms in total. The van der Waals surface area contributed by atoms with Crippen molar-refractivity contribution in [1.29, 1.82) is 0 Å². The number of aromatic nitrogens is 5. The van der Waals surface area contributed by atoms with E-state index in [-0.39, 0.29) is 58.3 Å². The average molecular weight is 1130 g/mol. The molecule has 2 bridgehead atoms. The molecule has 0 saturated carbocycles. The Hall–Kier alpha value is -6.02. The lowest BCUT2D eigenvalue weighted by molar-refractivity contribution is -0.135. The predicted octanol–water partition coefficient (Wildman–Crippen LogP) is 10.4. The highest BCUT2D eigenvalue weighted by atomic mass is 35.5. The Bertz CT molecular complexity index is 3350. The maximum absolute atomic E-state index is 17.3. The number of anilines is 2. The summed E-state index contributed by atoms with van der Waals surface area (Å²) in [5, 5.41) is 24.5. The van der Waals surface area contributed by atoms with Crippen LogP contribution in [-0.2, 0) is 9.53 Å². The summed E-state index contributed by atoms with van der Waals surface area (Å²) in [7, 11) is 1.94. The molecule has 0 spiro atoms. The number of aromatic hydroxyl groups is 1. The number of carbonyl (C=O) groups is 1. The highest BCUT2D eigenvalue weighted by Gasteiger charge is 2.50. The summed E-state index contributed by atoms with van der Waals surface area (Å²) in [6, 6.07) is 20.3. The second-order valence-electron chi connectivity index (χ2n) is 23.3. The Balaban J connectivity index is 0.708. The minimum Gasteiger partial charge on any atom is -0.508 e. The van der Waals surface area contributed by atoms with Crippen molar-refractivity contribution in [3.63, 3.8) is 0 Å².